The molecular weight excluding hydrogens is 385 g/mol. The first kappa shape index (κ1) is 18.0. The first-order valence-corrected chi connectivity index (χ1v) is 8.39. The lowest BCUT2D eigenvalue weighted by molar-refractivity contribution is 0.265. The molecule has 0 saturated carbocycles. The summed E-state index contributed by atoms with van der Waals surface area (Å²) in [5.74, 6) is 0.771. The maximum atomic E-state index is 13.8. The van der Waals surface area contributed by atoms with E-state index in [0.717, 1.165) is 10.0 Å². The summed E-state index contributed by atoms with van der Waals surface area (Å²) in [5.41, 5.74) is 1.37. The fourth-order valence-corrected chi connectivity index (χ4v) is 2.78. The Morgan fingerprint density at radius 2 is 1.96 bits per heavy atom. The number of rotatable bonds is 7. The first-order chi connectivity index (χ1) is 11.1. The molecule has 0 aliphatic heterocycles. The SMILES string of the molecule is CCOc1cc(CNC)c(Br)cc1OCc1c(F)cccc1Cl. The summed E-state index contributed by atoms with van der Waals surface area (Å²) in [5, 5.41) is 3.43. The second-order valence-electron chi connectivity index (χ2n) is 4.84. The lowest BCUT2D eigenvalue weighted by atomic mass is 10.2. The smallest absolute Gasteiger partial charge is 0.162 e. The van der Waals surface area contributed by atoms with E-state index >= 15 is 0 Å². The van der Waals surface area contributed by atoms with E-state index in [-0.39, 0.29) is 12.4 Å². The van der Waals surface area contributed by atoms with Gasteiger partial charge in [-0.25, -0.2) is 4.39 Å². The zero-order valence-corrected chi connectivity index (χ0v) is 15.3. The molecule has 3 nitrogen and oxygen atoms in total. The van der Waals surface area contributed by atoms with Crippen LogP contribution in [0, 0.1) is 5.82 Å². The number of halogens is 3. The summed E-state index contributed by atoms with van der Waals surface area (Å²) in [6.07, 6.45) is 0. The Hall–Kier alpha value is -1.30. The second-order valence-corrected chi connectivity index (χ2v) is 6.10. The lowest BCUT2D eigenvalue weighted by Gasteiger charge is -2.15. The minimum absolute atomic E-state index is 0.0311. The van der Waals surface area contributed by atoms with Crippen LogP contribution < -0.4 is 14.8 Å². The second kappa shape index (κ2) is 8.52. The van der Waals surface area contributed by atoms with Gasteiger partial charge in [-0.2, -0.15) is 0 Å². The third-order valence-corrected chi connectivity index (χ3v) is 4.31. The average molecular weight is 403 g/mol. The van der Waals surface area contributed by atoms with Crippen LogP contribution in [0.4, 0.5) is 4.39 Å². The maximum absolute atomic E-state index is 13.8. The molecule has 0 spiro atoms. The summed E-state index contributed by atoms with van der Waals surface area (Å²) < 4.78 is 26.1. The van der Waals surface area contributed by atoms with Crippen LogP contribution in [-0.2, 0) is 13.2 Å². The van der Waals surface area contributed by atoms with E-state index in [9.17, 15) is 4.39 Å². The number of ether oxygens (including phenoxy) is 2. The fraction of sp³-hybridized carbons (Fsp3) is 0.294. The number of benzene rings is 2. The monoisotopic (exact) mass is 401 g/mol. The summed E-state index contributed by atoms with van der Waals surface area (Å²) in [6, 6.07) is 8.30. The number of hydrogen-bond donors (Lipinski definition) is 1. The molecular formula is C17H18BrClFNO2. The normalized spacial score (nSPS) is 10.7. The van der Waals surface area contributed by atoms with Gasteiger partial charge in [0, 0.05) is 16.6 Å². The molecule has 0 saturated heterocycles. The molecule has 2 aromatic carbocycles. The van der Waals surface area contributed by atoms with E-state index in [1.54, 1.807) is 12.1 Å². The maximum Gasteiger partial charge on any atom is 0.162 e. The highest BCUT2D eigenvalue weighted by atomic mass is 79.9. The molecule has 0 unspecified atom stereocenters. The van der Waals surface area contributed by atoms with E-state index in [4.69, 9.17) is 21.1 Å². The van der Waals surface area contributed by atoms with Crippen LogP contribution in [0.5, 0.6) is 11.5 Å². The fourth-order valence-electron chi connectivity index (χ4n) is 2.10. The number of nitrogens with one attached hydrogen (secondary N) is 1. The summed E-state index contributed by atoms with van der Waals surface area (Å²) in [6.45, 7) is 3.14. The van der Waals surface area contributed by atoms with E-state index in [0.29, 0.717) is 35.2 Å². The molecule has 0 amide bonds. The lowest BCUT2D eigenvalue weighted by Crippen LogP contribution is -2.07. The van der Waals surface area contributed by atoms with Crippen LogP contribution in [0.15, 0.2) is 34.8 Å². The van der Waals surface area contributed by atoms with Crippen molar-refractivity contribution < 1.29 is 13.9 Å². The van der Waals surface area contributed by atoms with Crippen molar-refractivity contribution in [2.75, 3.05) is 13.7 Å². The van der Waals surface area contributed by atoms with Crippen LogP contribution in [0.3, 0.4) is 0 Å². The Balaban J connectivity index is 2.26. The molecule has 0 atom stereocenters. The molecule has 124 valence electrons. The molecule has 23 heavy (non-hydrogen) atoms. The molecule has 0 radical (unpaired) electrons. The first-order valence-electron chi connectivity index (χ1n) is 7.22. The van der Waals surface area contributed by atoms with Gasteiger partial charge in [0.05, 0.1) is 11.6 Å². The zero-order chi connectivity index (χ0) is 16.8. The van der Waals surface area contributed by atoms with Gasteiger partial charge < -0.3 is 14.8 Å². The highest BCUT2D eigenvalue weighted by Gasteiger charge is 2.13. The third kappa shape index (κ3) is 4.59. The average Bonchev–Trinajstić information content (AvgIpc) is 2.51. The van der Waals surface area contributed by atoms with Gasteiger partial charge in [0.2, 0.25) is 0 Å². The molecule has 0 fully saturated rings. The minimum atomic E-state index is -0.388. The van der Waals surface area contributed by atoms with Crippen LogP contribution >= 0.6 is 27.5 Å². The highest BCUT2D eigenvalue weighted by molar-refractivity contribution is 9.10. The van der Waals surface area contributed by atoms with Gasteiger partial charge in [-0.3, -0.25) is 0 Å². The van der Waals surface area contributed by atoms with Gasteiger partial charge in [-0.1, -0.05) is 33.6 Å². The van der Waals surface area contributed by atoms with E-state index in [1.165, 1.54) is 6.07 Å². The van der Waals surface area contributed by atoms with Gasteiger partial charge in [-0.05, 0) is 43.8 Å². The highest BCUT2D eigenvalue weighted by Crippen LogP contribution is 2.35. The molecule has 1 N–H and O–H groups in total. The van der Waals surface area contributed by atoms with Crippen LogP contribution in [0.1, 0.15) is 18.1 Å². The van der Waals surface area contributed by atoms with Crippen molar-refractivity contribution in [2.45, 2.75) is 20.1 Å². The van der Waals surface area contributed by atoms with Gasteiger partial charge in [0.1, 0.15) is 12.4 Å². The molecule has 0 aliphatic rings. The summed E-state index contributed by atoms with van der Waals surface area (Å²) >= 11 is 9.54. The Morgan fingerprint density at radius 3 is 2.61 bits per heavy atom. The largest absolute Gasteiger partial charge is 0.490 e. The van der Waals surface area contributed by atoms with Crippen molar-refractivity contribution >= 4 is 27.5 Å². The standard InChI is InChI=1S/C17H18BrClFNO2/c1-3-22-16-7-11(9-21-2)13(18)8-17(16)23-10-12-14(19)5-4-6-15(12)20/h4-8,21H,3,9-10H2,1-2H3. The Kier molecular flexibility index (Phi) is 6.69. The number of hydrogen-bond acceptors (Lipinski definition) is 3. The van der Waals surface area contributed by atoms with Crippen LogP contribution in [0.2, 0.25) is 5.02 Å². The van der Waals surface area contributed by atoms with Crippen molar-refractivity contribution in [3.05, 3.63) is 56.8 Å². The topological polar surface area (TPSA) is 30.5 Å². The Labute approximate surface area is 148 Å². The van der Waals surface area contributed by atoms with E-state index < -0.39 is 0 Å². The van der Waals surface area contributed by atoms with Crippen LogP contribution in [0.25, 0.3) is 0 Å². The predicted octanol–water partition coefficient (Wildman–Crippen LogP) is 4.94. The van der Waals surface area contributed by atoms with Gasteiger partial charge in [0.25, 0.3) is 0 Å². The molecule has 0 heterocycles. The quantitative estimate of drug-likeness (QED) is 0.711. The molecule has 0 aromatic heterocycles. The molecule has 6 heteroatoms. The van der Waals surface area contributed by atoms with Crippen molar-refractivity contribution in [2.24, 2.45) is 0 Å². The minimum Gasteiger partial charge on any atom is -0.490 e. The van der Waals surface area contributed by atoms with E-state index in [2.05, 4.69) is 21.2 Å². The van der Waals surface area contributed by atoms with Gasteiger partial charge in [-0.15, -0.1) is 0 Å². The summed E-state index contributed by atoms with van der Waals surface area (Å²) in [7, 11) is 1.87. The van der Waals surface area contributed by atoms with Crippen molar-refractivity contribution in [3.8, 4) is 11.5 Å². The van der Waals surface area contributed by atoms with E-state index in [1.807, 2.05) is 26.1 Å². The zero-order valence-electron chi connectivity index (χ0n) is 13.0. The summed E-state index contributed by atoms with van der Waals surface area (Å²) in [4.78, 5) is 0. The van der Waals surface area contributed by atoms with Gasteiger partial charge >= 0.3 is 0 Å². The molecule has 2 aromatic rings. The van der Waals surface area contributed by atoms with Crippen molar-refractivity contribution in [1.29, 1.82) is 0 Å². The Bertz CT molecular complexity index is 662. The Morgan fingerprint density at radius 1 is 1.22 bits per heavy atom. The predicted molar refractivity (Wildman–Crippen MR) is 93.8 cm³/mol. The van der Waals surface area contributed by atoms with Crippen LogP contribution in [-0.4, -0.2) is 13.7 Å². The molecule has 2 rings (SSSR count). The molecule has 0 bridgehead atoms. The van der Waals surface area contributed by atoms with Crippen molar-refractivity contribution in [3.63, 3.8) is 0 Å². The van der Waals surface area contributed by atoms with Crippen molar-refractivity contribution in [1.82, 2.24) is 5.32 Å². The van der Waals surface area contributed by atoms with Gasteiger partial charge in [0.15, 0.2) is 11.5 Å². The molecule has 0 aliphatic carbocycles. The third-order valence-electron chi connectivity index (χ3n) is 3.21.